The number of carboxylic acids is 7. The molecular weight excluding hydrogens is 1510 g/mol. The fourth-order valence-corrected chi connectivity index (χ4v) is 11.0. The standard InChI is InChI=1S/C19H23NO3.C18H21NO3.C12H14N2O2.C10H11F2NO2.C10H12FNO2.C10H13NO2.C9H10FNO2.CH4/c1-4-14-11-16(23-3)9-10-17(14)15-7-5-13(6-8-15)12-19(2,20)18(21)22;1-3-13-11-15(22-2)8-9-16(13)14-6-4-12(5-7-14)10-17(19)18(20)21;1-12(13,11(15)16)7-9-6-8-4-2-3-5-10(8)14-9;1-10(13,9(14)15)5-6-7(11)3-2-4-8(6)12;1-10(12,9(13)14)6-7-4-2-3-5-8(7)11;1-10(11,9(12)13)7-8-5-3-2-4-6-8;10-7-4-2-1-3-6(7)5-8(11)9(12)13;/h5-11H,4,12,20H2,1-3H3,(H,21,22);4-9,11,17H,3,10,19H2,1-2H3,(H,20,21);2-6,14H,7,13H2,1H3,(H,15,16);2-4H,5,13H2,1H3,(H,14,15);2-5H,6,12H2,1H3,(H,13,14);2-6H,7,11H2,1H3,(H,12,13);1-4,8H,5,11H2,(H,12,13);1H4. The van der Waals surface area contributed by atoms with Crippen molar-refractivity contribution in [2.45, 2.75) is 153 Å². The van der Waals surface area contributed by atoms with E-state index in [4.69, 9.17) is 85.4 Å². The van der Waals surface area contributed by atoms with Crippen LogP contribution < -0.4 is 49.6 Å². The number of nitrogens with two attached hydrogens (primary N) is 7. The first-order valence-electron chi connectivity index (χ1n) is 36.4. The van der Waals surface area contributed by atoms with Crippen LogP contribution in [0, 0.1) is 23.3 Å². The molecule has 0 saturated heterocycles. The van der Waals surface area contributed by atoms with Gasteiger partial charge in [0.05, 0.1) is 14.2 Å². The van der Waals surface area contributed by atoms with Crippen LogP contribution in [0.5, 0.6) is 11.5 Å². The lowest BCUT2D eigenvalue weighted by Gasteiger charge is -2.19. The van der Waals surface area contributed by atoms with E-state index in [0.717, 1.165) is 92.0 Å². The molecule has 24 nitrogen and oxygen atoms in total. The summed E-state index contributed by atoms with van der Waals surface area (Å²) < 4.78 is 62.9. The Labute approximate surface area is 678 Å². The van der Waals surface area contributed by atoms with Crippen LogP contribution in [0.1, 0.15) is 106 Å². The second-order valence-corrected chi connectivity index (χ2v) is 28.7. The summed E-state index contributed by atoms with van der Waals surface area (Å²) in [6.45, 7) is 11.4. The molecule has 7 atom stereocenters. The number of ether oxygens (including phenoxy) is 2. The van der Waals surface area contributed by atoms with E-state index in [0.29, 0.717) is 30.4 Å². The van der Waals surface area contributed by atoms with Crippen LogP contribution >= 0.6 is 0 Å². The highest BCUT2D eigenvalue weighted by atomic mass is 19.1. The van der Waals surface area contributed by atoms with Crippen molar-refractivity contribution in [3.8, 4) is 33.8 Å². The molecule has 0 fully saturated rings. The number of methoxy groups -OCH3 is 2. The van der Waals surface area contributed by atoms with Crippen LogP contribution in [0.25, 0.3) is 33.2 Å². The molecule has 0 radical (unpaired) electrons. The SMILES string of the molecule is C.CC(N)(Cc1c(F)cccc1F)C(=O)O.CC(N)(Cc1cc2ccccc2[nH]1)C(=O)O.CC(N)(Cc1ccccc1)C(=O)O.CC(N)(Cc1ccccc1F)C(=O)O.CCc1cc(OC)ccc1-c1ccc(CC(C)(N)C(=O)O)cc1.CCc1cc(OC)ccc1-c1ccc(CC(N)C(=O)O)cc1.NC(Cc1ccccc1F)C(=O)O. The molecule has 117 heavy (non-hydrogen) atoms. The zero-order chi connectivity index (χ0) is 87.1. The number of aliphatic carboxylic acids is 7. The first-order valence-corrected chi connectivity index (χ1v) is 36.4. The van der Waals surface area contributed by atoms with Crippen LogP contribution in [0.4, 0.5) is 17.6 Å². The van der Waals surface area contributed by atoms with E-state index in [1.807, 2.05) is 133 Å². The largest absolute Gasteiger partial charge is 0.497 e. The van der Waals surface area contributed by atoms with Crippen LogP contribution in [0.3, 0.4) is 0 Å². The summed E-state index contributed by atoms with van der Waals surface area (Å²) in [5, 5.41) is 62.7. The van der Waals surface area contributed by atoms with Crippen molar-refractivity contribution in [1.82, 2.24) is 4.98 Å². The van der Waals surface area contributed by atoms with Gasteiger partial charge in [-0.15, -0.1) is 0 Å². The number of rotatable bonds is 27. The van der Waals surface area contributed by atoms with Crippen molar-refractivity contribution in [3.63, 3.8) is 0 Å². The van der Waals surface area contributed by atoms with Crippen molar-refractivity contribution in [1.29, 1.82) is 0 Å². The zero-order valence-corrected chi connectivity index (χ0v) is 66.1. The number of H-pyrrole nitrogens is 1. The van der Waals surface area contributed by atoms with Crippen molar-refractivity contribution >= 4 is 52.7 Å². The summed E-state index contributed by atoms with van der Waals surface area (Å²) in [5.74, 6) is -8.22. The number of carbonyl (C=O) groups is 7. The van der Waals surface area contributed by atoms with Gasteiger partial charge < -0.3 is 90.3 Å². The van der Waals surface area contributed by atoms with Crippen LogP contribution in [0.2, 0.25) is 0 Å². The van der Waals surface area contributed by atoms with Crippen molar-refractivity contribution < 1.29 is 96.3 Å². The number of hydrogen-bond donors (Lipinski definition) is 15. The summed E-state index contributed by atoms with van der Waals surface area (Å²) in [6.07, 6.45) is 2.70. The second-order valence-electron chi connectivity index (χ2n) is 28.7. The molecule has 0 bridgehead atoms. The Morgan fingerprint density at radius 3 is 1.13 bits per heavy atom. The van der Waals surface area contributed by atoms with Gasteiger partial charge in [0.15, 0.2) is 0 Å². The molecule has 0 aliphatic carbocycles. The van der Waals surface area contributed by atoms with Crippen molar-refractivity contribution in [2.75, 3.05) is 14.2 Å². The number of benzene rings is 9. The molecule has 7 unspecified atom stereocenters. The first-order chi connectivity index (χ1) is 54.3. The minimum atomic E-state index is -1.68. The van der Waals surface area contributed by atoms with E-state index in [-0.39, 0.29) is 38.7 Å². The molecular formula is C89H108F4N8O16. The van der Waals surface area contributed by atoms with Gasteiger partial charge in [-0.2, -0.15) is 0 Å². The summed E-state index contributed by atoms with van der Waals surface area (Å²) in [7, 11) is 3.32. The summed E-state index contributed by atoms with van der Waals surface area (Å²) in [6, 6.07) is 60.4. The Balaban J connectivity index is 0.000000357. The second kappa shape index (κ2) is 45.8. The smallest absolute Gasteiger partial charge is 0.323 e. The van der Waals surface area contributed by atoms with Crippen LogP contribution in [0.15, 0.2) is 212 Å². The molecule has 0 spiro atoms. The zero-order valence-electron chi connectivity index (χ0n) is 66.1. The van der Waals surface area contributed by atoms with Gasteiger partial charge in [0, 0.05) is 55.3 Å². The number of para-hydroxylation sites is 1. The van der Waals surface area contributed by atoms with Gasteiger partial charge >= 0.3 is 41.8 Å². The average Bonchev–Trinajstić information content (AvgIpc) is 1.58. The van der Waals surface area contributed by atoms with E-state index in [2.05, 4.69) is 31.0 Å². The van der Waals surface area contributed by atoms with E-state index >= 15 is 0 Å². The Hall–Kier alpha value is -12.2. The summed E-state index contributed by atoms with van der Waals surface area (Å²) in [4.78, 5) is 78.4. The van der Waals surface area contributed by atoms with Gasteiger partial charge in [0.2, 0.25) is 0 Å². The summed E-state index contributed by atoms with van der Waals surface area (Å²) >= 11 is 0. The third kappa shape index (κ3) is 31.9. The molecule has 0 aliphatic rings. The monoisotopic (exact) mass is 1620 g/mol. The minimum absolute atomic E-state index is 0. The van der Waals surface area contributed by atoms with E-state index < -0.39 is 105 Å². The first kappa shape index (κ1) is 99.0. The molecule has 10 rings (SSSR count). The number of aromatic nitrogens is 1. The third-order valence-electron chi connectivity index (χ3n) is 18.1. The highest BCUT2D eigenvalue weighted by molar-refractivity contribution is 5.83. The third-order valence-corrected chi connectivity index (χ3v) is 18.1. The van der Waals surface area contributed by atoms with E-state index in [1.54, 1.807) is 38.5 Å². The molecule has 22 N–H and O–H groups in total. The Morgan fingerprint density at radius 2 is 0.726 bits per heavy atom. The van der Waals surface area contributed by atoms with Crippen LogP contribution in [-0.2, 0) is 91.3 Å². The molecule has 1 heterocycles. The van der Waals surface area contributed by atoms with Gasteiger partial charge in [-0.3, -0.25) is 33.6 Å². The predicted octanol–water partition coefficient (Wildman–Crippen LogP) is 12.6. The maximum Gasteiger partial charge on any atom is 0.323 e. The highest BCUT2D eigenvalue weighted by Gasteiger charge is 2.33. The van der Waals surface area contributed by atoms with E-state index in [1.165, 1.54) is 76.1 Å². The molecule has 9 aromatic carbocycles. The normalized spacial score (nSPS) is 13.6. The number of fused-ring (bicyclic) bond motifs is 1. The topological polar surface area (TPSA) is 477 Å². The van der Waals surface area contributed by atoms with Gasteiger partial charge in [0.25, 0.3) is 0 Å². The Kier molecular flexibility index (Phi) is 38.8. The molecule has 0 amide bonds. The van der Waals surface area contributed by atoms with Crippen LogP contribution in [-0.4, -0.2) is 137 Å². The number of carboxylic acid groups (broad SMARTS) is 7. The molecule has 628 valence electrons. The maximum absolute atomic E-state index is 13.2. The molecule has 1 aromatic heterocycles. The highest BCUT2D eigenvalue weighted by Crippen LogP contribution is 2.31. The molecule has 0 saturated carbocycles. The van der Waals surface area contributed by atoms with Gasteiger partial charge in [-0.25, -0.2) is 17.6 Å². The molecule has 28 heteroatoms. The fraction of sp³-hybridized carbons (Fsp3) is 0.292. The lowest BCUT2D eigenvalue weighted by molar-refractivity contribution is -0.143. The maximum atomic E-state index is 13.2. The fourth-order valence-electron chi connectivity index (χ4n) is 11.0. The van der Waals surface area contributed by atoms with Gasteiger partial charge in [0.1, 0.15) is 74.5 Å². The number of hydrogen-bond acceptors (Lipinski definition) is 16. The van der Waals surface area contributed by atoms with Gasteiger partial charge in [-0.1, -0.05) is 173 Å². The quantitative estimate of drug-likeness (QED) is 0.0213. The number of aryl methyl sites for hydroxylation is 2. The number of aromatic amines is 1. The number of halogens is 4. The van der Waals surface area contributed by atoms with E-state index in [9.17, 15) is 51.1 Å². The Morgan fingerprint density at radius 1 is 0.376 bits per heavy atom. The number of nitrogens with one attached hydrogen (secondary N) is 1. The lowest BCUT2D eigenvalue weighted by atomic mass is 9.92. The average molecular weight is 1620 g/mol. The summed E-state index contributed by atoms with van der Waals surface area (Å²) in [5.41, 5.74) is 43.9. The lowest BCUT2D eigenvalue weighted by Crippen LogP contribution is -2.47. The molecule has 0 aliphatic heterocycles. The molecule has 10 aromatic rings. The predicted molar refractivity (Wildman–Crippen MR) is 445 cm³/mol. The van der Waals surface area contributed by atoms with Gasteiger partial charge in [-0.05, 0) is 181 Å². The van der Waals surface area contributed by atoms with Crippen molar-refractivity contribution in [3.05, 3.63) is 286 Å². The Bertz CT molecular complexity index is 4850. The van der Waals surface area contributed by atoms with Crippen molar-refractivity contribution in [2.24, 2.45) is 40.1 Å². The minimum Gasteiger partial charge on any atom is -0.497 e.